The Morgan fingerprint density at radius 2 is 1.82 bits per heavy atom. The molecule has 0 aromatic heterocycles. The van der Waals surface area contributed by atoms with Gasteiger partial charge in [-0.25, -0.2) is 9.59 Å². The van der Waals surface area contributed by atoms with Crippen LogP contribution in [0.1, 0.15) is 6.92 Å². The van der Waals surface area contributed by atoms with Gasteiger partial charge >= 0.3 is 12.1 Å². The Kier molecular flexibility index (Phi) is 3.32. The van der Waals surface area contributed by atoms with Gasteiger partial charge in [0.2, 0.25) is 0 Å². The molecule has 0 aliphatic heterocycles. The van der Waals surface area contributed by atoms with E-state index >= 15 is 0 Å². The van der Waals surface area contributed by atoms with Crippen molar-refractivity contribution in [2.24, 2.45) is 0 Å². The monoisotopic (exact) mass is 163 g/mol. The smallest absolute Gasteiger partial charge is 0.404 e. The van der Waals surface area contributed by atoms with Gasteiger partial charge < -0.3 is 20.6 Å². The second-order valence-electron chi connectivity index (χ2n) is 2.02. The molecule has 11 heavy (non-hydrogen) atoms. The summed E-state index contributed by atoms with van der Waals surface area (Å²) in [7, 11) is 0. The van der Waals surface area contributed by atoms with Gasteiger partial charge in [-0.3, -0.25) is 0 Å². The van der Waals surface area contributed by atoms with E-state index in [2.05, 4.69) is 0 Å². The SMILES string of the molecule is CC(NC(=O)O)C(O)C(=O)O. The molecule has 2 unspecified atom stereocenters. The van der Waals surface area contributed by atoms with Crippen LogP contribution >= 0.6 is 0 Å². The van der Waals surface area contributed by atoms with E-state index in [4.69, 9.17) is 15.3 Å². The van der Waals surface area contributed by atoms with Crippen molar-refractivity contribution >= 4 is 12.1 Å². The number of aliphatic carboxylic acids is 1. The van der Waals surface area contributed by atoms with Crippen LogP contribution in [0.5, 0.6) is 0 Å². The van der Waals surface area contributed by atoms with Crippen molar-refractivity contribution in [3.05, 3.63) is 0 Å². The van der Waals surface area contributed by atoms with Crippen LogP contribution in [0.3, 0.4) is 0 Å². The topological polar surface area (TPSA) is 107 Å². The van der Waals surface area contributed by atoms with Gasteiger partial charge in [-0.1, -0.05) is 0 Å². The van der Waals surface area contributed by atoms with Crippen LogP contribution in [0.2, 0.25) is 0 Å². The van der Waals surface area contributed by atoms with Crippen molar-refractivity contribution in [3.8, 4) is 0 Å². The van der Waals surface area contributed by atoms with Gasteiger partial charge in [-0.2, -0.15) is 0 Å². The van der Waals surface area contributed by atoms with Gasteiger partial charge in [0.15, 0.2) is 6.10 Å². The number of carboxylic acids is 1. The lowest BCUT2D eigenvalue weighted by molar-refractivity contribution is -0.147. The van der Waals surface area contributed by atoms with Crippen LogP contribution in [0.25, 0.3) is 0 Å². The average molecular weight is 163 g/mol. The maximum Gasteiger partial charge on any atom is 0.404 e. The van der Waals surface area contributed by atoms with Crippen LogP contribution in [-0.4, -0.2) is 39.5 Å². The molecule has 0 fully saturated rings. The van der Waals surface area contributed by atoms with Crippen molar-refractivity contribution in [2.45, 2.75) is 19.1 Å². The van der Waals surface area contributed by atoms with Crippen molar-refractivity contribution in [2.75, 3.05) is 0 Å². The first-order valence-electron chi connectivity index (χ1n) is 2.85. The number of amides is 1. The zero-order valence-corrected chi connectivity index (χ0v) is 5.81. The summed E-state index contributed by atoms with van der Waals surface area (Å²) in [5.41, 5.74) is 0. The number of carbonyl (C=O) groups is 2. The molecule has 0 aliphatic rings. The molecule has 2 atom stereocenters. The molecule has 0 aromatic carbocycles. The van der Waals surface area contributed by atoms with Crippen molar-refractivity contribution in [1.82, 2.24) is 5.32 Å². The third-order valence-electron chi connectivity index (χ3n) is 1.08. The molecule has 0 spiro atoms. The van der Waals surface area contributed by atoms with E-state index in [9.17, 15) is 9.59 Å². The number of nitrogens with one attached hydrogen (secondary N) is 1. The molecule has 1 amide bonds. The van der Waals surface area contributed by atoms with Crippen LogP contribution < -0.4 is 5.32 Å². The van der Waals surface area contributed by atoms with Crippen LogP contribution in [0.15, 0.2) is 0 Å². The predicted octanol–water partition coefficient (Wildman–Crippen LogP) is -0.912. The molecule has 0 saturated heterocycles. The molecular weight excluding hydrogens is 154 g/mol. The van der Waals surface area contributed by atoms with Crippen molar-refractivity contribution < 1.29 is 24.9 Å². The number of rotatable bonds is 3. The molecule has 6 heteroatoms. The summed E-state index contributed by atoms with van der Waals surface area (Å²) < 4.78 is 0. The number of carboxylic acid groups (broad SMARTS) is 2. The number of aliphatic hydroxyl groups is 1. The summed E-state index contributed by atoms with van der Waals surface area (Å²) in [4.78, 5) is 20.0. The Hall–Kier alpha value is -1.30. The van der Waals surface area contributed by atoms with Crippen LogP contribution in [0.4, 0.5) is 4.79 Å². The Bertz CT molecular complexity index is 168. The minimum atomic E-state index is -1.70. The van der Waals surface area contributed by atoms with Gasteiger partial charge in [-0.05, 0) is 6.92 Å². The lowest BCUT2D eigenvalue weighted by Gasteiger charge is -2.13. The highest BCUT2D eigenvalue weighted by molar-refractivity contribution is 5.74. The predicted molar refractivity (Wildman–Crippen MR) is 34.3 cm³/mol. The fourth-order valence-electron chi connectivity index (χ4n) is 0.488. The summed E-state index contributed by atoms with van der Waals surface area (Å²) in [6, 6.07) is -1.01. The van der Waals surface area contributed by atoms with E-state index in [1.807, 2.05) is 5.32 Å². The Balaban J connectivity index is 3.92. The minimum absolute atomic E-state index is 1.01. The van der Waals surface area contributed by atoms with E-state index in [-0.39, 0.29) is 0 Å². The van der Waals surface area contributed by atoms with Crippen molar-refractivity contribution in [1.29, 1.82) is 0 Å². The molecule has 6 nitrogen and oxygen atoms in total. The molecule has 0 saturated carbocycles. The van der Waals surface area contributed by atoms with Crippen LogP contribution in [0, 0.1) is 0 Å². The first-order valence-corrected chi connectivity index (χ1v) is 2.85. The summed E-state index contributed by atoms with van der Waals surface area (Å²) in [6.07, 6.45) is -3.07. The fraction of sp³-hybridized carbons (Fsp3) is 0.600. The highest BCUT2D eigenvalue weighted by Gasteiger charge is 2.22. The lowest BCUT2D eigenvalue weighted by Crippen LogP contribution is -2.44. The fourth-order valence-corrected chi connectivity index (χ4v) is 0.488. The summed E-state index contributed by atoms with van der Waals surface area (Å²) in [6.45, 7) is 1.26. The van der Waals surface area contributed by atoms with E-state index in [1.54, 1.807) is 0 Å². The van der Waals surface area contributed by atoms with Gasteiger partial charge in [-0.15, -0.1) is 0 Å². The van der Waals surface area contributed by atoms with Crippen molar-refractivity contribution in [3.63, 3.8) is 0 Å². The Morgan fingerprint density at radius 1 is 1.36 bits per heavy atom. The molecule has 0 heterocycles. The second-order valence-corrected chi connectivity index (χ2v) is 2.02. The lowest BCUT2D eigenvalue weighted by atomic mass is 10.2. The molecule has 0 rings (SSSR count). The third-order valence-corrected chi connectivity index (χ3v) is 1.08. The molecule has 0 bridgehead atoms. The first-order chi connectivity index (χ1) is 4.95. The Morgan fingerprint density at radius 3 is 2.09 bits per heavy atom. The molecule has 0 radical (unpaired) electrons. The zero-order valence-electron chi connectivity index (χ0n) is 5.81. The molecule has 64 valence electrons. The zero-order chi connectivity index (χ0) is 9.02. The standard InChI is InChI=1S/C5H9NO5/c1-2(6-5(10)11)3(7)4(8)9/h2-3,6-7H,1H3,(H,8,9)(H,10,11). The Labute approximate surface area is 62.5 Å². The van der Waals surface area contributed by atoms with E-state index in [0.29, 0.717) is 0 Å². The van der Waals surface area contributed by atoms with E-state index in [0.717, 1.165) is 0 Å². The summed E-state index contributed by atoms with van der Waals surface area (Å²) in [5.74, 6) is -1.45. The quantitative estimate of drug-likeness (QED) is 0.430. The van der Waals surface area contributed by atoms with Gasteiger partial charge in [0, 0.05) is 0 Å². The van der Waals surface area contributed by atoms with Crippen LogP contribution in [-0.2, 0) is 4.79 Å². The van der Waals surface area contributed by atoms with E-state index in [1.165, 1.54) is 6.92 Å². The largest absolute Gasteiger partial charge is 0.479 e. The summed E-state index contributed by atoms with van der Waals surface area (Å²) >= 11 is 0. The maximum atomic E-state index is 10.0. The number of hydrogen-bond acceptors (Lipinski definition) is 3. The maximum absolute atomic E-state index is 10.0. The summed E-state index contributed by atoms with van der Waals surface area (Å²) in [5, 5.41) is 26.8. The van der Waals surface area contributed by atoms with Gasteiger partial charge in [0.1, 0.15) is 0 Å². The number of hydrogen-bond donors (Lipinski definition) is 4. The molecule has 0 aromatic rings. The number of aliphatic hydroxyl groups excluding tert-OH is 1. The molecule has 4 N–H and O–H groups in total. The first kappa shape index (κ1) is 9.70. The van der Waals surface area contributed by atoms with Gasteiger partial charge in [0.25, 0.3) is 0 Å². The normalized spacial score (nSPS) is 15.1. The highest BCUT2D eigenvalue weighted by atomic mass is 16.4. The molecular formula is C5H9NO5. The molecule has 0 aliphatic carbocycles. The minimum Gasteiger partial charge on any atom is -0.479 e. The van der Waals surface area contributed by atoms with E-state index < -0.39 is 24.2 Å². The average Bonchev–Trinajstić information content (AvgIpc) is 1.84. The second kappa shape index (κ2) is 3.77. The third kappa shape index (κ3) is 3.41. The highest BCUT2D eigenvalue weighted by Crippen LogP contribution is 1.91. The van der Waals surface area contributed by atoms with Gasteiger partial charge in [0.05, 0.1) is 6.04 Å².